The number of nitrogens with one attached hydrogen (secondary N) is 2. The Morgan fingerprint density at radius 1 is 1.17 bits per heavy atom. The van der Waals surface area contributed by atoms with Crippen LogP contribution >= 0.6 is 23.4 Å². The van der Waals surface area contributed by atoms with Gasteiger partial charge in [0.25, 0.3) is 5.91 Å². The van der Waals surface area contributed by atoms with Crippen LogP contribution in [0.25, 0.3) is 0 Å². The fraction of sp³-hybridized carbons (Fsp3) is 0.370. The van der Waals surface area contributed by atoms with Gasteiger partial charge in [-0.1, -0.05) is 11.6 Å². The van der Waals surface area contributed by atoms with E-state index >= 15 is 0 Å². The minimum Gasteiger partial charge on any atom is -0.368 e. The van der Waals surface area contributed by atoms with Gasteiger partial charge in [-0.25, -0.2) is 0 Å². The van der Waals surface area contributed by atoms with E-state index in [2.05, 4.69) is 32.9 Å². The lowest BCUT2D eigenvalue weighted by atomic mass is 10.1. The van der Waals surface area contributed by atoms with E-state index in [9.17, 15) is 10.1 Å². The highest BCUT2D eigenvalue weighted by Gasteiger charge is 2.26. The van der Waals surface area contributed by atoms with Gasteiger partial charge in [0.2, 0.25) is 0 Å². The van der Waals surface area contributed by atoms with Gasteiger partial charge in [-0.3, -0.25) is 15.0 Å². The summed E-state index contributed by atoms with van der Waals surface area (Å²) in [5.74, 6) is 2.12. The summed E-state index contributed by atoms with van der Waals surface area (Å²) in [6.45, 7) is 5.60. The van der Waals surface area contributed by atoms with Crippen molar-refractivity contribution < 1.29 is 10.1 Å². The molecule has 2 heterocycles. The molecule has 2 fully saturated rings. The fourth-order valence-electron chi connectivity index (χ4n) is 4.80. The van der Waals surface area contributed by atoms with Crippen molar-refractivity contribution in [1.82, 2.24) is 4.90 Å². The average molecular weight is 524 g/mol. The second-order valence-corrected chi connectivity index (χ2v) is 10.8. The number of amides is 1. The molecule has 0 atom stereocenters. The van der Waals surface area contributed by atoms with Crippen LogP contribution in [0.4, 0.5) is 17.1 Å². The van der Waals surface area contributed by atoms with E-state index in [1.165, 1.54) is 24.3 Å². The summed E-state index contributed by atoms with van der Waals surface area (Å²) < 4.78 is 0. The Hall–Kier alpha value is -2.83. The molecule has 0 radical (unpaired) electrons. The van der Waals surface area contributed by atoms with E-state index in [0.717, 1.165) is 43.8 Å². The van der Waals surface area contributed by atoms with Gasteiger partial charge >= 0.3 is 0 Å². The van der Waals surface area contributed by atoms with Crippen LogP contribution in [0.1, 0.15) is 25.3 Å². The van der Waals surface area contributed by atoms with Gasteiger partial charge in [-0.05, 0) is 54.7 Å². The number of piperazine rings is 1. The number of hydrogen-bond donors (Lipinski definition) is 3. The van der Waals surface area contributed by atoms with E-state index < -0.39 is 0 Å². The number of thioether (sulfide) groups is 1. The molecule has 9 heteroatoms. The fourth-order valence-corrected chi connectivity index (χ4v) is 6.01. The van der Waals surface area contributed by atoms with Crippen LogP contribution in [0.3, 0.4) is 0 Å². The van der Waals surface area contributed by atoms with E-state index in [-0.39, 0.29) is 11.5 Å². The summed E-state index contributed by atoms with van der Waals surface area (Å²) in [5, 5.41) is 22.9. The summed E-state index contributed by atoms with van der Waals surface area (Å²) >= 11 is 8.00. The molecule has 2 aromatic rings. The van der Waals surface area contributed by atoms with Crippen molar-refractivity contribution in [1.29, 1.82) is 10.7 Å². The van der Waals surface area contributed by atoms with Crippen LogP contribution in [0.5, 0.6) is 0 Å². The third kappa shape index (κ3) is 6.48. The van der Waals surface area contributed by atoms with E-state index in [1.807, 2.05) is 29.6 Å². The number of halogens is 1. The molecule has 1 amide bonds. The Balaban J connectivity index is 1.41. The minimum absolute atomic E-state index is 0.254. The van der Waals surface area contributed by atoms with Crippen molar-refractivity contribution in [2.45, 2.75) is 25.8 Å². The van der Waals surface area contributed by atoms with E-state index in [4.69, 9.17) is 17.0 Å². The molecule has 188 valence electrons. The number of hydrogen-bond acceptors (Lipinski definition) is 6. The first-order chi connectivity index (χ1) is 17.5. The number of nitrogens with two attached hydrogens (primary N) is 1. The molecule has 0 unspecified atom stereocenters. The Kier molecular flexibility index (Phi) is 9.05. The SMILES string of the molecule is C/C([NH2+]c1ccc(Cl)cc1)=C(/C=N)C(=O)Nc1ccc(N2CCN(C3CCSCC3)CC2)c(C#N)c1. The number of nitrogens with zero attached hydrogens (tertiary/aromatic N) is 3. The van der Waals surface area contributed by atoms with Crippen LogP contribution in [0.2, 0.25) is 5.02 Å². The molecule has 4 rings (SSSR count). The first-order valence-corrected chi connectivity index (χ1v) is 13.8. The first-order valence-electron chi connectivity index (χ1n) is 12.2. The van der Waals surface area contributed by atoms with Crippen molar-refractivity contribution in [3.8, 4) is 6.07 Å². The van der Waals surface area contributed by atoms with Crippen molar-refractivity contribution in [2.75, 3.05) is 47.9 Å². The van der Waals surface area contributed by atoms with Gasteiger partial charge in [0.05, 0.1) is 11.3 Å². The van der Waals surface area contributed by atoms with Gasteiger partial charge in [0.15, 0.2) is 0 Å². The molecule has 0 spiro atoms. The quantitative estimate of drug-likeness (QED) is 0.289. The van der Waals surface area contributed by atoms with Crippen LogP contribution < -0.4 is 15.5 Å². The van der Waals surface area contributed by atoms with Crippen LogP contribution in [-0.2, 0) is 4.79 Å². The van der Waals surface area contributed by atoms with Crippen molar-refractivity contribution in [3.05, 3.63) is 64.3 Å². The average Bonchev–Trinajstić information content (AvgIpc) is 2.91. The predicted octanol–water partition coefficient (Wildman–Crippen LogP) is 3.99. The van der Waals surface area contributed by atoms with Gasteiger partial charge in [-0.15, -0.1) is 0 Å². The Bertz CT molecular complexity index is 1160. The first kappa shape index (κ1) is 26.2. The van der Waals surface area contributed by atoms with Crippen LogP contribution in [-0.4, -0.2) is 60.7 Å². The number of allylic oxidation sites excluding steroid dienone is 1. The van der Waals surface area contributed by atoms with E-state index in [1.54, 1.807) is 25.1 Å². The summed E-state index contributed by atoms with van der Waals surface area (Å²) in [6, 6.07) is 15.7. The molecule has 0 bridgehead atoms. The van der Waals surface area contributed by atoms with Crippen molar-refractivity contribution in [2.24, 2.45) is 0 Å². The maximum absolute atomic E-state index is 12.9. The molecule has 0 aromatic heterocycles. The van der Waals surface area contributed by atoms with Crippen molar-refractivity contribution >= 4 is 52.5 Å². The number of quaternary nitrogens is 1. The van der Waals surface area contributed by atoms with Crippen LogP contribution in [0, 0.1) is 16.7 Å². The number of nitriles is 1. The summed E-state index contributed by atoms with van der Waals surface area (Å²) in [6.07, 6.45) is 3.60. The lowest BCUT2D eigenvalue weighted by Gasteiger charge is -2.41. The number of carbonyl (C=O) groups is 1. The second-order valence-electron chi connectivity index (χ2n) is 9.10. The predicted molar refractivity (Wildman–Crippen MR) is 148 cm³/mol. The molecule has 2 aromatic carbocycles. The molecule has 2 saturated heterocycles. The summed E-state index contributed by atoms with van der Waals surface area (Å²) in [4.78, 5) is 17.8. The minimum atomic E-state index is -0.386. The topological polar surface area (TPSA) is 99.8 Å². The van der Waals surface area contributed by atoms with E-state index in [0.29, 0.717) is 28.0 Å². The zero-order valence-electron chi connectivity index (χ0n) is 20.5. The van der Waals surface area contributed by atoms with Crippen LogP contribution in [0.15, 0.2) is 53.7 Å². The third-order valence-electron chi connectivity index (χ3n) is 6.80. The number of rotatable bonds is 7. The number of anilines is 2. The van der Waals surface area contributed by atoms with Crippen molar-refractivity contribution in [3.63, 3.8) is 0 Å². The van der Waals surface area contributed by atoms with Gasteiger partial charge in [0.1, 0.15) is 23.0 Å². The number of carbonyl (C=O) groups excluding carboxylic acids is 1. The van der Waals surface area contributed by atoms with Gasteiger partial charge in [0, 0.05) is 68.2 Å². The summed E-state index contributed by atoms with van der Waals surface area (Å²) in [5.41, 5.74) is 3.80. The monoisotopic (exact) mass is 523 g/mol. The normalized spacial score (nSPS) is 17.8. The Morgan fingerprint density at radius 3 is 2.50 bits per heavy atom. The molecular weight excluding hydrogens is 492 g/mol. The third-order valence-corrected chi connectivity index (χ3v) is 8.10. The Morgan fingerprint density at radius 2 is 1.86 bits per heavy atom. The molecular formula is C27H32ClN6OS+. The summed E-state index contributed by atoms with van der Waals surface area (Å²) in [7, 11) is 0. The largest absolute Gasteiger partial charge is 0.368 e. The Labute approximate surface area is 222 Å². The zero-order valence-corrected chi connectivity index (χ0v) is 22.0. The smallest absolute Gasteiger partial charge is 0.262 e. The zero-order chi connectivity index (χ0) is 25.5. The highest BCUT2D eigenvalue weighted by Crippen LogP contribution is 2.27. The second kappa shape index (κ2) is 12.4. The molecule has 36 heavy (non-hydrogen) atoms. The van der Waals surface area contributed by atoms with Gasteiger partial charge < -0.3 is 15.6 Å². The maximum Gasteiger partial charge on any atom is 0.262 e. The van der Waals surface area contributed by atoms with Gasteiger partial charge in [-0.2, -0.15) is 17.0 Å². The molecule has 0 saturated carbocycles. The lowest BCUT2D eigenvalue weighted by Crippen LogP contribution is -2.75. The molecule has 2 aliphatic heterocycles. The molecule has 7 nitrogen and oxygen atoms in total. The molecule has 2 aliphatic rings. The lowest BCUT2D eigenvalue weighted by molar-refractivity contribution is -0.517. The molecule has 4 N–H and O–H groups in total. The maximum atomic E-state index is 12.9. The highest BCUT2D eigenvalue weighted by molar-refractivity contribution is 7.99. The molecule has 0 aliphatic carbocycles. The standard InChI is InChI=1S/C27H31ClN6OS/c1-19(31-22-4-2-21(28)3-5-22)25(18-30)27(35)32-23-6-7-26(20(16-23)17-29)34-12-10-33(11-13-34)24-8-14-36-15-9-24/h2-7,16,18,24,30-31H,8-15H2,1H3,(H,32,35)/p+1/b25-19+,30-18?. The number of benzene rings is 2. The highest BCUT2D eigenvalue weighted by atomic mass is 35.5.